The molecule has 17 heavy (non-hydrogen) atoms. The maximum atomic E-state index is 11.5. The molecule has 0 aromatic heterocycles. The number of carbonyl (C=O) groups is 1. The lowest BCUT2D eigenvalue weighted by Gasteiger charge is -2.28. The van der Waals surface area contributed by atoms with Gasteiger partial charge in [-0.25, -0.2) is 4.79 Å². The molecule has 2 fully saturated rings. The molecule has 1 atom stereocenters. The number of carbonyl (C=O) groups excluding carboxylic acids is 1. The predicted molar refractivity (Wildman–Crippen MR) is 63.5 cm³/mol. The Hall–Kier alpha value is -1.55. The summed E-state index contributed by atoms with van der Waals surface area (Å²) in [6.07, 6.45) is 0.781. The topological polar surface area (TPSA) is 50.4 Å². The van der Waals surface area contributed by atoms with Crippen molar-refractivity contribution in [1.82, 2.24) is 10.6 Å². The van der Waals surface area contributed by atoms with Crippen LogP contribution in [-0.4, -0.2) is 25.2 Å². The molecule has 90 valence electrons. The normalized spacial score (nSPS) is 23.9. The molecule has 2 N–H and O–H groups in total. The zero-order valence-electron chi connectivity index (χ0n) is 9.61. The zero-order chi connectivity index (χ0) is 11.7. The van der Waals surface area contributed by atoms with Crippen LogP contribution >= 0.6 is 0 Å². The van der Waals surface area contributed by atoms with E-state index in [4.69, 9.17) is 4.74 Å². The first-order valence-electron chi connectivity index (χ1n) is 5.96. The van der Waals surface area contributed by atoms with Crippen molar-refractivity contribution >= 4 is 6.09 Å². The smallest absolute Gasteiger partial charge is 0.407 e. The number of alkyl carbamates (subject to hydrolysis) is 1. The molecule has 4 heteroatoms. The van der Waals surface area contributed by atoms with Crippen LogP contribution in [0.2, 0.25) is 0 Å². The summed E-state index contributed by atoms with van der Waals surface area (Å²) in [5.74, 6) is 0. The van der Waals surface area contributed by atoms with Gasteiger partial charge >= 0.3 is 6.09 Å². The van der Waals surface area contributed by atoms with Gasteiger partial charge in [0.2, 0.25) is 0 Å². The molecule has 1 aliphatic carbocycles. The number of rotatable bonds is 3. The summed E-state index contributed by atoms with van der Waals surface area (Å²) in [6, 6.07) is 10.0. The third kappa shape index (κ3) is 2.13. The highest BCUT2D eigenvalue weighted by atomic mass is 16.5. The van der Waals surface area contributed by atoms with Crippen molar-refractivity contribution in [1.29, 1.82) is 0 Å². The third-order valence-corrected chi connectivity index (χ3v) is 3.65. The van der Waals surface area contributed by atoms with Gasteiger partial charge in [0, 0.05) is 24.5 Å². The molecule has 1 saturated carbocycles. The number of nitrogens with one attached hydrogen (secondary N) is 2. The molecule has 4 nitrogen and oxygen atoms in total. The largest absolute Gasteiger partial charge is 0.445 e. The van der Waals surface area contributed by atoms with Crippen LogP contribution in [0.4, 0.5) is 4.79 Å². The molecule has 0 radical (unpaired) electrons. The molecule has 0 bridgehead atoms. The van der Waals surface area contributed by atoms with Crippen LogP contribution in [0.15, 0.2) is 30.3 Å². The first kappa shape index (κ1) is 10.6. The molecule has 2 aliphatic rings. The average Bonchev–Trinajstić information content (AvgIpc) is 3.02. The Kier molecular flexibility index (Phi) is 2.52. The van der Waals surface area contributed by atoms with E-state index >= 15 is 0 Å². The number of benzene rings is 1. The minimum absolute atomic E-state index is 0.303. The Labute approximate surface area is 100 Å². The Bertz CT molecular complexity index is 415. The maximum absolute atomic E-state index is 11.5. The summed E-state index contributed by atoms with van der Waals surface area (Å²) in [6.45, 7) is 2.39. The third-order valence-electron chi connectivity index (χ3n) is 3.65. The molecule has 1 aromatic rings. The van der Waals surface area contributed by atoms with Crippen LogP contribution in [0, 0.1) is 5.41 Å². The SMILES string of the molecule is O=C(N[C@@H]1CC12CNC2)OCc1ccccc1. The van der Waals surface area contributed by atoms with Gasteiger partial charge in [-0.2, -0.15) is 0 Å². The molecular weight excluding hydrogens is 216 g/mol. The molecule has 1 aromatic carbocycles. The van der Waals surface area contributed by atoms with E-state index < -0.39 is 0 Å². The van der Waals surface area contributed by atoms with Gasteiger partial charge in [0.15, 0.2) is 0 Å². The highest BCUT2D eigenvalue weighted by molar-refractivity contribution is 5.68. The summed E-state index contributed by atoms with van der Waals surface area (Å²) in [7, 11) is 0. The highest BCUT2D eigenvalue weighted by Gasteiger charge is 2.58. The first-order chi connectivity index (χ1) is 8.28. The fourth-order valence-corrected chi connectivity index (χ4v) is 2.30. The van der Waals surface area contributed by atoms with E-state index in [9.17, 15) is 4.79 Å². The van der Waals surface area contributed by atoms with Crippen molar-refractivity contribution < 1.29 is 9.53 Å². The van der Waals surface area contributed by atoms with Gasteiger partial charge in [-0.3, -0.25) is 0 Å². The van der Waals surface area contributed by atoms with Gasteiger partial charge in [-0.05, 0) is 12.0 Å². The van der Waals surface area contributed by atoms with E-state index in [-0.39, 0.29) is 6.09 Å². The van der Waals surface area contributed by atoms with Crippen molar-refractivity contribution in [2.45, 2.75) is 19.1 Å². The van der Waals surface area contributed by atoms with E-state index in [1.807, 2.05) is 30.3 Å². The molecule has 1 spiro atoms. The Balaban J connectivity index is 1.42. The predicted octanol–water partition coefficient (Wildman–Crippen LogP) is 1.27. The second-order valence-electron chi connectivity index (χ2n) is 4.93. The Morgan fingerprint density at radius 2 is 2.18 bits per heavy atom. The van der Waals surface area contributed by atoms with Crippen molar-refractivity contribution in [2.75, 3.05) is 13.1 Å². The van der Waals surface area contributed by atoms with E-state index in [2.05, 4.69) is 10.6 Å². The van der Waals surface area contributed by atoms with Crippen LogP contribution in [0.3, 0.4) is 0 Å². The van der Waals surface area contributed by atoms with Crippen molar-refractivity contribution in [3.63, 3.8) is 0 Å². The summed E-state index contributed by atoms with van der Waals surface area (Å²) >= 11 is 0. The van der Waals surface area contributed by atoms with Crippen molar-refractivity contribution in [3.05, 3.63) is 35.9 Å². The Morgan fingerprint density at radius 1 is 1.41 bits per heavy atom. The van der Waals surface area contributed by atoms with E-state index in [1.54, 1.807) is 0 Å². The maximum Gasteiger partial charge on any atom is 0.407 e. The Morgan fingerprint density at radius 3 is 2.76 bits per heavy atom. The van der Waals surface area contributed by atoms with Crippen LogP contribution in [-0.2, 0) is 11.3 Å². The summed E-state index contributed by atoms with van der Waals surface area (Å²) in [5.41, 5.74) is 1.37. The van der Waals surface area contributed by atoms with Gasteiger partial charge in [0.05, 0.1) is 0 Å². The number of ether oxygens (including phenoxy) is 1. The standard InChI is InChI=1S/C13H16N2O2/c16-12(15-11-6-13(11)8-14-9-13)17-7-10-4-2-1-3-5-10/h1-5,11,14H,6-9H2,(H,15,16)/t11-/m1/s1. The van der Waals surface area contributed by atoms with Crippen LogP contribution in [0.5, 0.6) is 0 Å². The minimum atomic E-state index is -0.303. The lowest BCUT2D eigenvalue weighted by molar-refractivity contribution is 0.136. The lowest BCUT2D eigenvalue weighted by Crippen LogP contribution is -2.49. The molecule has 1 amide bonds. The molecule has 0 unspecified atom stereocenters. The van der Waals surface area contributed by atoms with E-state index in [0.717, 1.165) is 25.1 Å². The van der Waals surface area contributed by atoms with Crippen molar-refractivity contribution in [2.24, 2.45) is 5.41 Å². The molecular formula is C13H16N2O2. The molecule has 3 rings (SSSR count). The molecule has 1 saturated heterocycles. The van der Waals surface area contributed by atoms with Gasteiger partial charge in [-0.15, -0.1) is 0 Å². The van der Waals surface area contributed by atoms with Gasteiger partial charge in [-0.1, -0.05) is 30.3 Å². The summed E-state index contributed by atoms with van der Waals surface area (Å²) in [4.78, 5) is 11.5. The molecule has 1 heterocycles. The quantitative estimate of drug-likeness (QED) is 0.825. The first-order valence-corrected chi connectivity index (χ1v) is 5.96. The van der Waals surface area contributed by atoms with Gasteiger partial charge in [0.1, 0.15) is 6.61 Å². The monoisotopic (exact) mass is 232 g/mol. The number of hydrogen-bond donors (Lipinski definition) is 2. The summed E-state index contributed by atoms with van der Waals surface area (Å²) < 4.78 is 5.17. The van der Waals surface area contributed by atoms with E-state index in [1.165, 1.54) is 0 Å². The average molecular weight is 232 g/mol. The second kappa shape index (κ2) is 4.04. The minimum Gasteiger partial charge on any atom is -0.445 e. The van der Waals surface area contributed by atoms with Crippen LogP contribution in [0.25, 0.3) is 0 Å². The van der Waals surface area contributed by atoms with Gasteiger partial charge < -0.3 is 15.4 Å². The van der Waals surface area contributed by atoms with Crippen LogP contribution in [0.1, 0.15) is 12.0 Å². The number of amides is 1. The fourth-order valence-electron chi connectivity index (χ4n) is 2.30. The van der Waals surface area contributed by atoms with E-state index in [0.29, 0.717) is 18.1 Å². The lowest BCUT2D eigenvalue weighted by atomic mass is 9.99. The fraction of sp³-hybridized carbons (Fsp3) is 0.462. The zero-order valence-corrected chi connectivity index (χ0v) is 9.61. The van der Waals surface area contributed by atoms with Crippen LogP contribution < -0.4 is 10.6 Å². The number of hydrogen-bond acceptors (Lipinski definition) is 3. The van der Waals surface area contributed by atoms with Gasteiger partial charge in [0.25, 0.3) is 0 Å². The van der Waals surface area contributed by atoms with Crippen molar-refractivity contribution in [3.8, 4) is 0 Å². The highest BCUT2D eigenvalue weighted by Crippen LogP contribution is 2.48. The molecule has 1 aliphatic heterocycles. The second-order valence-corrected chi connectivity index (χ2v) is 4.93. The summed E-state index contributed by atoms with van der Waals surface area (Å²) in [5, 5.41) is 6.15.